The fourth-order valence-electron chi connectivity index (χ4n) is 7.89. The number of carbonyl (C=O) groups is 2. The van der Waals surface area contributed by atoms with Crippen LogP contribution in [0.25, 0.3) is 0 Å². The van der Waals surface area contributed by atoms with Gasteiger partial charge in [0.05, 0.1) is 45.1 Å². The van der Waals surface area contributed by atoms with Crippen molar-refractivity contribution in [1.29, 1.82) is 0 Å². The lowest BCUT2D eigenvalue weighted by atomic mass is 9.70. The van der Waals surface area contributed by atoms with Crippen molar-refractivity contribution in [1.82, 2.24) is 9.80 Å². The number of carbonyl (C=O) groups excluding carboxylic acids is 2. The minimum absolute atomic E-state index is 0.0383. The van der Waals surface area contributed by atoms with E-state index in [4.69, 9.17) is 30.5 Å². The molecule has 2 aromatic rings. The van der Waals surface area contributed by atoms with E-state index in [1.165, 1.54) is 12.7 Å². The number of halogens is 1. The van der Waals surface area contributed by atoms with Crippen molar-refractivity contribution in [2.24, 2.45) is 11.8 Å². The fourth-order valence-corrected chi connectivity index (χ4v) is 8.09. The lowest BCUT2D eigenvalue weighted by Crippen LogP contribution is -2.47. The molecule has 1 saturated carbocycles. The summed E-state index contributed by atoms with van der Waals surface area (Å²) in [7, 11) is 2.94. The molecule has 1 N–H and O–H groups in total. The topological polar surface area (TPSA) is 101 Å². The number of esters is 1. The molecule has 10 nitrogen and oxygen atoms in total. The van der Waals surface area contributed by atoms with Crippen LogP contribution in [0.5, 0.6) is 5.75 Å². The molecule has 0 spiro atoms. The van der Waals surface area contributed by atoms with Crippen molar-refractivity contribution in [3.05, 3.63) is 70.3 Å². The van der Waals surface area contributed by atoms with Crippen LogP contribution >= 0.6 is 11.6 Å². The van der Waals surface area contributed by atoms with Crippen LogP contribution in [-0.2, 0) is 42.4 Å². The van der Waals surface area contributed by atoms with Crippen molar-refractivity contribution in [3.8, 4) is 5.75 Å². The zero-order valence-corrected chi connectivity index (χ0v) is 31.1. The minimum Gasteiger partial charge on any atom is -0.487 e. The van der Waals surface area contributed by atoms with E-state index in [9.17, 15) is 14.7 Å². The van der Waals surface area contributed by atoms with E-state index in [0.29, 0.717) is 60.4 Å². The van der Waals surface area contributed by atoms with Crippen LogP contribution in [0.3, 0.4) is 0 Å². The number of aryl methyl sites for hydroxylation is 1. The maximum absolute atomic E-state index is 13.5. The first-order valence-electron chi connectivity index (χ1n) is 18.6. The average Bonchev–Trinajstić information content (AvgIpc) is 3.14. The summed E-state index contributed by atoms with van der Waals surface area (Å²) >= 11 is 6.40. The number of hydrogen-bond acceptors (Lipinski definition) is 9. The van der Waals surface area contributed by atoms with Gasteiger partial charge in [0.25, 0.3) is 0 Å². The third kappa shape index (κ3) is 8.91. The second-order valence-corrected chi connectivity index (χ2v) is 15.1. The molecule has 0 radical (unpaired) electrons. The Labute approximate surface area is 307 Å². The maximum Gasteiger partial charge on any atom is 0.343 e. The van der Waals surface area contributed by atoms with E-state index in [1.807, 2.05) is 30.3 Å². The number of rotatable bonds is 5. The first kappa shape index (κ1) is 37.6. The molecule has 6 rings (SSSR count). The second-order valence-electron chi connectivity index (χ2n) is 14.6. The number of fused-ring (bicyclic) bond motifs is 3. The molecule has 1 amide bonds. The predicted molar refractivity (Wildman–Crippen MR) is 197 cm³/mol. The minimum atomic E-state index is -2.17. The number of morpholine rings is 1. The highest BCUT2D eigenvalue weighted by Crippen LogP contribution is 2.43. The molecule has 51 heavy (non-hydrogen) atoms. The summed E-state index contributed by atoms with van der Waals surface area (Å²) < 4.78 is 24.0. The molecule has 2 fully saturated rings. The van der Waals surface area contributed by atoms with Gasteiger partial charge in [-0.3, -0.25) is 9.69 Å². The van der Waals surface area contributed by atoms with Gasteiger partial charge in [0, 0.05) is 50.8 Å². The lowest BCUT2D eigenvalue weighted by molar-refractivity contribution is -0.168. The van der Waals surface area contributed by atoms with Crippen molar-refractivity contribution in [2.75, 3.05) is 71.6 Å². The Morgan fingerprint density at radius 2 is 1.96 bits per heavy atom. The molecule has 5 atom stereocenters. The number of hydrogen-bond donors (Lipinski definition) is 1. The zero-order chi connectivity index (χ0) is 36.0. The predicted octanol–water partition coefficient (Wildman–Crippen LogP) is 5.36. The van der Waals surface area contributed by atoms with E-state index >= 15 is 0 Å². The molecule has 2 aromatic carbocycles. The molecule has 0 aromatic heterocycles. The number of anilines is 1. The summed E-state index contributed by atoms with van der Waals surface area (Å²) in [6, 6.07) is 11.6. The van der Waals surface area contributed by atoms with Gasteiger partial charge in [-0.25, -0.2) is 4.79 Å². The first-order chi connectivity index (χ1) is 24.7. The Hall–Kier alpha value is -3.15. The molecule has 3 heterocycles. The summed E-state index contributed by atoms with van der Waals surface area (Å²) in [5, 5.41) is 12.7. The summed E-state index contributed by atoms with van der Waals surface area (Å²) in [5.41, 5.74) is 1.19. The first-order valence-corrected chi connectivity index (χ1v) is 19.0. The van der Waals surface area contributed by atoms with Gasteiger partial charge < -0.3 is 33.9 Å². The monoisotopic (exact) mass is 723 g/mol. The van der Waals surface area contributed by atoms with Crippen LogP contribution in [-0.4, -0.2) is 106 Å². The molecule has 4 aliphatic rings. The van der Waals surface area contributed by atoms with Crippen molar-refractivity contribution >= 4 is 29.2 Å². The lowest BCUT2D eigenvalue weighted by Gasteiger charge is -2.44. The van der Waals surface area contributed by atoms with E-state index in [0.717, 1.165) is 82.7 Å². The third-order valence-electron chi connectivity index (χ3n) is 11.3. The van der Waals surface area contributed by atoms with E-state index in [-0.39, 0.29) is 12.0 Å². The number of methoxy groups -OCH3 is 1. The van der Waals surface area contributed by atoms with Gasteiger partial charge in [-0.05, 0) is 98.2 Å². The van der Waals surface area contributed by atoms with E-state index in [1.54, 1.807) is 18.0 Å². The molecule has 3 aliphatic heterocycles. The number of nitrogens with zero attached hydrogens (tertiary/aromatic N) is 3. The van der Waals surface area contributed by atoms with Gasteiger partial charge in [-0.1, -0.05) is 35.9 Å². The van der Waals surface area contributed by atoms with Gasteiger partial charge >= 0.3 is 5.97 Å². The van der Waals surface area contributed by atoms with Crippen molar-refractivity contribution < 1.29 is 33.6 Å². The highest BCUT2D eigenvalue weighted by Gasteiger charge is 2.44. The fraction of sp³-hybridized carbons (Fsp3) is 0.600. The number of benzene rings is 2. The van der Waals surface area contributed by atoms with Gasteiger partial charge in [0.2, 0.25) is 5.91 Å². The average molecular weight is 724 g/mol. The van der Waals surface area contributed by atoms with Crippen LogP contribution < -0.4 is 9.64 Å². The maximum atomic E-state index is 13.5. The molecular weight excluding hydrogens is 670 g/mol. The van der Waals surface area contributed by atoms with Crippen LogP contribution in [0.15, 0.2) is 48.6 Å². The van der Waals surface area contributed by atoms with Gasteiger partial charge in [0.1, 0.15) is 12.4 Å². The van der Waals surface area contributed by atoms with Crippen molar-refractivity contribution in [2.45, 2.75) is 76.2 Å². The molecule has 0 unspecified atom stereocenters. The largest absolute Gasteiger partial charge is 0.487 e. The summed E-state index contributed by atoms with van der Waals surface area (Å²) in [6.07, 6.45) is 9.40. The highest BCUT2D eigenvalue weighted by atomic mass is 35.5. The van der Waals surface area contributed by atoms with E-state index < -0.39 is 18.0 Å². The number of amides is 1. The van der Waals surface area contributed by atoms with E-state index in [2.05, 4.69) is 28.9 Å². The van der Waals surface area contributed by atoms with Crippen LogP contribution in [0.2, 0.25) is 5.02 Å². The molecule has 278 valence electrons. The zero-order valence-electron chi connectivity index (χ0n) is 30.4. The summed E-state index contributed by atoms with van der Waals surface area (Å²) in [6.45, 7) is 8.45. The van der Waals surface area contributed by atoms with Gasteiger partial charge in [-0.15, -0.1) is 0 Å². The van der Waals surface area contributed by atoms with Gasteiger partial charge in [-0.2, -0.15) is 0 Å². The van der Waals surface area contributed by atoms with Crippen LogP contribution in [0.4, 0.5) is 5.69 Å². The Kier molecular flexibility index (Phi) is 12.6. The van der Waals surface area contributed by atoms with Gasteiger partial charge in [0.15, 0.2) is 5.60 Å². The summed E-state index contributed by atoms with van der Waals surface area (Å²) in [4.78, 5) is 33.2. The smallest absolute Gasteiger partial charge is 0.343 e. The van der Waals surface area contributed by atoms with Crippen LogP contribution in [0.1, 0.15) is 62.1 Å². The SMILES string of the molecule is COC(=O)[C@@]1(O)CC(=O)N(C)CC/C=C/[C@H](OCCN2CCOC[C@@H]2C)[C@@H]2CC[C@H]2CN2CCCCc3cc(Cl)ccc3COc3ccc1cc32. The Morgan fingerprint density at radius 3 is 2.75 bits per heavy atom. The van der Waals surface area contributed by atoms with Crippen LogP contribution in [0, 0.1) is 11.8 Å². The molecule has 2 bridgehead atoms. The third-order valence-corrected chi connectivity index (χ3v) is 11.5. The Morgan fingerprint density at radius 1 is 1.10 bits per heavy atom. The number of aliphatic hydroxyl groups is 1. The Bertz CT molecular complexity index is 1550. The number of ether oxygens (including phenoxy) is 4. The standard InChI is InChI=1S/C40H54ClN3O7/c1-28-26-49-20-18-43(28)19-21-50-36-9-5-6-16-42(2)38(45)24-40(47,39(46)48-3)32-12-15-37-35(23-32)44(25-30-11-14-34(30)36)17-7-4-8-29-22-33(41)13-10-31(29)27-51-37/h5,9-10,12-13,15,22-23,28,30,34,36,47H,4,6-8,11,14,16-21,24-27H2,1-3H3/b9-5+/t28-,30-,34+,36-,40+/m0/s1. The normalized spacial score (nSPS) is 28.7. The quantitative estimate of drug-likeness (QED) is 0.323. The molecule has 1 aliphatic carbocycles. The molecule has 11 heteroatoms. The second kappa shape index (κ2) is 17.1. The van der Waals surface area contributed by atoms with Crippen molar-refractivity contribution in [3.63, 3.8) is 0 Å². The summed E-state index contributed by atoms with van der Waals surface area (Å²) in [5.74, 6) is 0.137. The molecule has 1 saturated heterocycles. The highest BCUT2D eigenvalue weighted by molar-refractivity contribution is 6.30. The molecular formula is C40H54ClN3O7. The Balaban J connectivity index is 1.34.